The van der Waals surface area contributed by atoms with Crippen LogP contribution >= 0.6 is 11.6 Å². The lowest BCUT2D eigenvalue weighted by Gasteiger charge is -2.14. The number of hydrogen-bond donors (Lipinski definition) is 0. The van der Waals surface area contributed by atoms with E-state index in [2.05, 4.69) is 4.90 Å². The first-order valence-electron chi connectivity index (χ1n) is 8.64. The first-order chi connectivity index (χ1) is 11.8. The molecule has 0 spiro atoms. The minimum atomic E-state index is 0.739. The van der Waals surface area contributed by atoms with E-state index in [4.69, 9.17) is 21.3 Å². The van der Waals surface area contributed by atoms with Gasteiger partial charge in [0.1, 0.15) is 5.75 Å². The Morgan fingerprint density at radius 2 is 1.79 bits per heavy atom. The highest BCUT2D eigenvalue weighted by molar-refractivity contribution is 6.40. The van der Waals surface area contributed by atoms with E-state index in [9.17, 15) is 0 Å². The number of likely N-dealkylation sites (tertiary alicyclic amines) is 1. The van der Waals surface area contributed by atoms with Gasteiger partial charge >= 0.3 is 0 Å². The molecule has 0 aliphatic carbocycles. The third-order valence-electron chi connectivity index (χ3n) is 4.67. The quantitative estimate of drug-likeness (QED) is 0.487. The van der Waals surface area contributed by atoms with Gasteiger partial charge in [0.2, 0.25) is 0 Å². The molecule has 3 nitrogen and oxygen atoms in total. The van der Waals surface area contributed by atoms with Crippen molar-refractivity contribution in [3.63, 3.8) is 0 Å². The number of ether oxygens (including phenoxy) is 1. The van der Waals surface area contributed by atoms with Gasteiger partial charge < -0.3 is 9.64 Å². The van der Waals surface area contributed by atoms with Crippen LogP contribution in [0.15, 0.2) is 42.5 Å². The van der Waals surface area contributed by atoms with Gasteiger partial charge in [-0.1, -0.05) is 29.8 Å². The number of benzene rings is 2. The van der Waals surface area contributed by atoms with E-state index >= 15 is 0 Å². The van der Waals surface area contributed by atoms with Gasteiger partial charge in [0.25, 0.3) is 0 Å². The highest BCUT2D eigenvalue weighted by Crippen LogP contribution is 2.32. The molecule has 0 bridgehead atoms. The van der Waals surface area contributed by atoms with E-state index in [1.165, 1.54) is 25.9 Å². The second kappa shape index (κ2) is 6.96. The summed E-state index contributed by atoms with van der Waals surface area (Å²) >= 11 is 6.54. The molecule has 3 aromatic rings. The average molecular weight is 341 g/mol. The fourth-order valence-electron chi connectivity index (χ4n) is 3.40. The normalized spacial score (nSPS) is 15.4. The smallest absolute Gasteiger partial charge is 0.121 e. The van der Waals surface area contributed by atoms with Crippen LogP contribution in [0.1, 0.15) is 19.3 Å². The number of para-hydroxylation sites is 1. The lowest BCUT2D eigenvalue weighted by atomic mass is 10.1. The Hall–Kier alpha value is -1.84. The van der Waals surface area contributed by atoms with Gasteiger partial charge in [0.05, 0.1) is 22.7 Å². The summed E-state index contributed by atoms with van der Waals surface area (Å²) in [5.41, 5.74) is 1.80. The Bertz CT molecular complexity index is 859. The Kier molecular flexibility index (Phi) is 4.54. The number of fused-ring (bicyclic) bond motifs is 2. The summed E-state index contributed by atoms with van der Waals surface area (Å²) in [4.78, 5) is 7.23. The molecule has 0 amide bonds. The molecule has 124 valence electrons. The molecule has 1 saturated heterocycles. The molecule has 2 aromatic carbocycles. The monoisotopic (exact) mass is 340 g/mol. The second-order valence-electron chi connectivity index (χ2n) is 6.37. The van der Waals surface area contributed by atoms with Crippen LogP contribution in [0.2, 0.25) is 5.02 Å². The molecule has 0 radical (unpaired) electrons. The van der Waals surface area contributed by atoms with Gasteiger partial charge in [0, 0.05) is 23.4 Å². The molecule has 2 heterocycles. The standard InChI is InChI=1S/C20H21ClN2O/c21-20-16-6-1-2-7-18(16)22-19-14-15(8-9-17(19)20)24-13-5-12-23-10-3-4-11-23/h1-2,6-9,14H,3-5,10-13H2. The molecule has 1 aromatic heterocycles. The molecule has 4 heteroatoms. The summed E-state index contributed by atoms with van der Waals surface area (Å²) in [6, 6.07) is 13.9. The maximum absolute atomic E-state index is 6.54. The summed E-state index contributed by atoms with van der Waals surface area (Å²) in [5, 5.41) is 2.72. The minimum absolute atomic E-state index is 0.739. The zero-order valence-electron chi connectivity index (χ0n) is 13.7. The third kappa shape index (κ3) is 3.19. The molecule has 1 aliphatic heterocycles. The Morgan fingerprint density at radius 1 is 1.00 bits per heavy atom. The van der Waals surface area contributed by atoms with Crippen LogP contribution in [0.5, 0.6) is 5.75 Å². The van der Waals surface area contributed by atoms with Crippen molar-refractivity contribution >= 4 is 33.4 Å². The van der Waals surface area contributed by atoms with Crippen molar-refractivity contribution in [1.29, 1.82) is 0 Å². The van der Waals surface area contributed by atoms with Crippen LogP contribution < -0.4 is 4.74 Å². The lowest BCUT2D eigenvalue weighted by molar-refractivity contribution is 0.263. The maximum atomic E-state index is 6.54. The average Bonchev–Trinajstić information content (AvgIpc) is 3.12. The third-order valence-corrected chi connectivity index (χ3v) is 5.08. The summed E-state index contributed by atoms with van der Waals surface area (Å²) in [6.07, 6.45) is 3.74. The molecule has 1 fully saturated rings. The number of halogens is 1. The molecule has 1 aliphatic rings. The first-order valence-corrected chi connectivity index (χ1v) is 9.02. The fraction of sp³-hybridized carbons (Fsp3) is 0.350. The Morgan fingerprint density at radius 3 is 2.67 bits per heavy atom. The SMILES string of the molecule is Clc1c2ccccc2nc2cc(OCCCN3CCCC3)ccc12. The Labute approximate surface area is 147 Å². The van der Waals surface area contributed by atoms with Gasteiger partial charge in [0.15, 0.2) is 0 Å². The predicted molar refractivity (Wildman–Crippen MR) is 100 cm³/mol. The second-order valence-corrected chi connectivity index (χ2v) is 6.75. The molecule has 0 N–H and O–H groups in total. The van der Waals surface area contributed by atoms with E-state index in [0.29, 0.717) is 0 Å². The van der Waals surface area contributed by atoms with Crippen LogP contribution in [0.25, 0.3) is 21.8 Å². The zero-order chi connectivity index (χ0) is 16.4. The molecule has 4 rings (SSSR count). The number of aromatic nitrogens is 1. The van der Waals surface area contributed by atoms with Crippen LogP contribution in [-0.4, -0.2) is 36.1 Å². The van der Waals surface area contributed by atoms with Crippen LogP contribution in [0, 0.1) is 0 Å². The van der Waals surface area contributed by atoms with Crippen molar-refractivity contribution in [3.05, 3.63) is 47.5 Å². The van der Waals surface area contributed by atoms with E-state index in [1.54, 1.807) is 0 Å². The van der Waals surface area contributed by atoms with Gasteiger partial charge in [-0.15, -0.1) is 0 Å². The van der Waals surface area contributed by atoms with Crippen molar-refractivity contribution in [2.45, 2.75) is 19.3 Å². The summed E-state index contributed by atoms with van der Waals surface area (Å²) in [7, 11) is 0. The minimum Gasteiger partial charge on any atom is -0.493 e. The van der Waals surface area contributed by atoms with Crippen molar-refractivity contribution in [2.24, 2.45) is 0 Å². The van der Waals surface area contributed by atoms with Crippen molar-refractivity contribution in [2.75, 3.05) is 26.2 Å². The van der Waals surface area contributed by atoms with E-state index in [-0.39, 0.29) is 0 Å². The van der Waals surface area contributed by atoms with Crippen LogP contribution in [0.4, 0.5) is 0 Å². The largest absolute Gasteiger partial charge is 0.493 e. The van der Waals surface area contributed by atoms with E-state index < -0.39 is 0 Å². The van der Waals surface area contributed by atoms with Gasteiger partial charge in [-0.05, 0) is 50.6 Å². The topological polar surface area (TPSA) is 25.4 Å². The molecular weight excluding hydrogens is 320 g/mol. The van der Waals surface area contributed by atoms with Gasteiger partial charge in [-0.2, -0.15) is 0 Å². The molecule has 0 unspecified atom stereocenters. The Balaban J connectivity index is 1.49. The highest BCUT2D eigenvalue weighted by atomic mass is 35.5. The van der Waals surface area contributed by atoms with E-state index in [0.717, 1.165) is 52.2 Å². The number of pyridine rings is 1. The zero-order valence-corrected chi connectivity index (χ0v) is 14.4. The summed E-state index contributed by atoms with van der Waals surface area (Å²) in [6.45, 7) is 4.35. The molecular formula is C20H21ClN2O. The lowest BCUT2D eigenvalue weighted by Crippen LogP contribution is -2.21. The fourth-order valence-corrected chi connectivity index (χ4v) is 3.71. The maximum Gasteiger partial charge on any atom is 0.121 e. The van der Waals surface area contributed by atoms with Crippen LogP contribution in [-0.2, 0) is 0 Å². The number of rotatable bonds is 5. The molecule has 0 saturated carbocycles. The summed E-state index contributed by atoms with van der Waals surface area (Å²) in [5.74, 6) is 0.864. The number of hydrogen-bond acceptors (Lipinski definition) is 3. The summed E-state index contributed by atoms with van der Waals surface area (Å²) < 4.78 is 5.92. The van der Waals surface area contributed by atoms with Crippen LogP contribution in [0.3, 0.4) is 0 Å². The molecule has 24 heavy (non-hydrogen) atoms. The van der Waals surface area contributed by atoms with Crippen molar-refractivity contribution < 1.29 is 4.74 Å². The molecule has 0 atom stereocenters. The van der Waals surface area contributed by atoms with Gasteiger partial charge in [-0.3, -0.25) is 0 Å². The number of nitrogens with zero attached hydrogens (tertiary/aromatic N) is 2. The van der Waals surface area contributed by atoms with E-state index in [1.807, 2.05) is 42.5 Å². The highest BCUT2D eigenvalue weighted by Gasteiger charge is 2.11. The van der Waals surface area contributed by atoms with Crippen molar-refractivity contribution in [3.8, 4) is 5.75 Å². The van der Waals surface area contributed by atoms with Crippen molar-refractivity contribution in [1.82, 2.24) is 9.88 Å². The predicted octanol–water partition coefficient (Wildman–Crippen LogP) is 4.91. The van der Waals surface area contributed by atoms with Gasteiger partial charge in [-0.25, -0.2) is 4.98 Å². The first kappa shape index (κ1) is 15.7.